The maximum Gasteiger partial charge on any atom is 0.256 e. The van der Waals surface area contributed by atoms with Crippen LogP contribution in [0.4, 0.5) is 4.39 Å². The second kappa shape index (κ2) is 18.0. The van der Waals surface area contributed by atoms with Gasteiger partial charge in [0.25, 0.3) is 11.8 Å². The largest absolute Gasteiger partial charge is 0.339 e. The molecule has 2 aromatic heterocycles. The minimum absolute atomic E-state index is 0.0110. The Morgan fingerprint density at radius 3 is 1.58 bits per heavy atom. The molecule has 6 rings (SSSR count). The lowest BCUT2D eigenvalue weighted by Gasteiger charge is -2.19. The molecule has 0 aliphatic carbocycles. The first-order valence-corrected chi connectivity index (χ1v) is 17.8. The number of carbonyl (C=O) groups excluding carboxylic acids is 2. The van der Waals surface area contributed by atoms with Gasteiger partial charge in [0.15, 0.2) is 0 Å². The van der Waals surface area contributed by atoms with Crippen molar-refractivity contribution in [1.82, 2.24) is 9.80 Å². The van der Waals surface area contributed by atoms with Gasteiger partial charge in [0.1, 0.15) is 10.9 Å². The van der Waals surface area contributed by atoms with E-state index in [4.69, 9.17) is 1.37 Å². The van der Waals surface area contributed by atoms with E-state index in [1.165, 1.54) is 37.0 Å². The van der Waals surface area contributed by atoms with Crippen molar-refractivity contribution in [1.29, 1.82) is 5.26 Å². The smallest absolute Gasteiger partial charge is 0.256 e. The molecule has 2 aliphatic heterocycles. The average Bonchev–Trinajstić information content (AvgIpc) is 3.44. The molecule has 9 heteroatoms. The van der Waals surface area contributed by atoms with Crippen molar-refractivity contribution >= 4 is 50.4 Å². The maximum absolute atomic E-state index is 12.8. The number of nitriles is 1. The zero-order valence-electron chi connectivity index (χ0n) is 26.4. The summed E-state index contributed by atoms with van der Waals surface area (Å²) in [6.45, 7) is 3.39. The van der Waals surface area contributed by atoms with E-state index in [1.54, 1.807) is 11.3 Å². The van der Waals surface area contributed by atoms with E-state index < -0.39 is 7.15 Å². The summed E-state index contributed by atoms with van der Waals surface area (Å²) in [6.07, 6.45) is 9.22. The SMILES string of the molecule is N#Cc1sc(-c2ccccc2)cc1C(=O)N1CCCCCC1.O=C(c1cc(-c2ccccc2)sc1Br)N1CCCCCC1.[2H]CF. The van der Waals surface area contributed by atoms with Gasteiger partial charge in [-0.3, -0.25) is 14.0 Å². The Morgan fingerprint density at radius 1 is 0.733 bits per heavy atom. The van der Waals surface area contributed by atoms with Crippen LogP contribution < -0.4 is 0 Å². The molecule has 0 N–H and O–H groups in total. The Bertz CT molecular complexity index is 1570. The second-order valence-corrected chi connectivity index (χ2v) is 14.3. The maximum atomic E-state index is 12.8. The highest BCUT2D eigenvalue weighted by Gasteiger charge is 2.24. The molecule has 0 saturated carbocycles. The van der Waals surface area contributed by atoms with Crippen molar-refractivity contribution in [3.63, 3.8) is 0 Å². The number of likely N-dealkylation sites (tertiary alicyclic amines) is 2. The van der Waals surface area contributed by atoms with Crippen LogP contribution in [-0.4, -0.2) is 54.9 Å². The summed E-state index contributed by atoms with van der Waals surface area (Å²) in [6, 6.07) is 26.2. The molecular weight excluding hydrogens is 669 g/mol. The van der Waals surface area contributed by atoms with E-state index in [1.807, 2.05) is 70.5 Å². The van der Waals surface area contributed by atoms with Crippen molar-refractivity contribution in [2.45, 2.75) is 51.4 Å². The van der Waals surface area contributed by atoms with Crippen molar-refractivity contribution in [3.05, 3.63) is 92.6 Å². The van der Waals surface area contributed by atoms with Gasteiger partial charge in [-0.15, -0.1) is 22.7 Å². The molecule has 2 fully saturated rings. The molecule has 45 heavy (non-hydrogen) atoms. The third-order valence-electron chi connectivity index (χ3n) is 7.88. The van der Waals surface area contributed by atoms with Crippen molar-refractivity contribution < 1.29 is 15.4 Å². The first-order chi connectivity index (χ1) is 22.5. The zero-order chi connectivity index (χ0) is 32.7. The number of hydrogen-bond donors (Lipinski definition) is 0. The van der Waals surface area contributed by atoms with E-state index in [9.17, 15) is 19.2 Å². The van der Waals surface area contributed by atoms with Crippen molar-refractivity contribution in [2.24, 2.45) is 0 Å². The van der Waals surface area contributed by atoms with E-state index in [-0.39, 0.29) is 11.8 Å². The lowest BCUT2D eigenvalue weighted by molar-refractivity contribution is 0.0754. The summed E-state index contributed by atoms with van der Waals surface area (Å²) >= 11 is 6.61. The van der Waals surface area contributed by atoms with Gasteiger partial charge in [0.2, 0.25) is 0 Å². The van der Waals surface area contributed by atoms with E-state index in [0.717, 1.165) is 82.1 Å². The van der Waals surface area contributed by atoms with Gasteiger partial charge in [-0.2, -0.15) is 5.26 Å². The van der Waals surface area contributed by atoms with Crippen LogP contribution in [0.5, 0.6) is 0 Å². The summed E-state index contributed by atoms with van der Waals surface area (Å²) in [5.74, 6) is 0.180. The molecule has 2 aromatic carbocycles. The summed E-state index contributed by atoms with van der Waals surface area (Å²) in [5.41, 5.74) is 3.59. The topological polar surface area (TPSA) is 64.4 Å². The molecule has 0 radical (unpaired) electrons. The molecule has 0 unspecified atom stereocenters. The fourth-order valence-electron chi connectivity index (χ4n) is 5.53. The Morgan fingerprint density at radius 2 is 1.13 bits per heavy atom. The van der Waals surface area contributed by atoms with Gasteiger partial charge >= 0.3 is 0 Å². The van der Waals surface area contributed by atoms with Gasteiger partial charge in [0.05, 0.1) is 23.4 Å². The number of halogens is 2. The predicted octanol–water partition coefficient (Wildman–Crippen LogP) is 10.1. The van der Waals surface area contributed by atoms with Gasteiger partial charge in [-0.1, -0.05) is 86.3 Å². The van der Waals surface area contributed by atoms with Crippen LogP contribution in [0, 0.1) is 11.3 Å². The zero-order valence-corrected chi connectivity index (χ0v) is 28.6. The van der Waals surface area contributed by atoms with Crippen LogP contribution in [0.3, 0.4) is 0 Å². The Hall–Kier alpha value is -3.32. The van der Waals surface area contributed by atoms with Gasteiger partial charge in [0, 0.05) is 35.9 Å². The third kappa shape index (κ3) is 9.35. The summed E-state index contributed by atoms with van der Waals surface area (Å²) in [5, 5.41) is 9.37. The standard InChI is InChI=1S/C18H18N2OS.C17H18BrNOS.CH3F/c19-13-17-15(18(21)20-10-6-1-2-7-11-20)12-16(22-17)14-8-4-3-5-9-14;18-16-14(17(20)19-10-6-1-2-7-11-19)12-15(21-16)13-8-4-3-5-9-13;1-2/h3-5,8-9,12H,1-2,6-7,10-11H2;3-5,8-9,12H,1-2,6-7,10-11H2;1H3/i;;1D. The molecule has 4 aromatic rings. The monoisotopic (exact) mass is 708 g/mol. The summed E-state index contributed by atoms with van der Waals surface area (Å²) in [4.78, 5) is 32.0. The average molecular weight is 710 g/mol. The fourth-order valence-corrected chi connectivity index (χ4v) is 8.16. The fraction of sp³-hybridized carbons (Fsp3) is 0.361. The number of nitrogens with zero attached hydrogens (tertiary/aromatic N) is 3. The molecule has 236 valence electrons. The minimum atomic E-state index is -1.00. The van der Waals surface area contributed by atoms with Crippen LogP contribution in [0.25, 0.3) is 20.9 Å². The normalized spacial score (nSPS) is 15.2. The van der Waals surface area contributed by atoms with E-state index >= 15 is 0 Å². The summed E-state index contributed by atoms with van der Waals surface area (Å²) in [7, 11) is -1.00. The molecule has 2 aliphatic rings. The quantitative estimate of drug-likeness (QED) is 0.212. The number of alkyl halides is 1. The molecule has 0 atom stereocenters. The Labute approximate surface area is 283 Å². The number of rotatable bonds is 4. The summed E-state index contributed by atoms with van der Waals surface area (Å²) < 4.78 is 16.4. The van der Waals surface area contributed by atoms with Gasteiger partial charge < -0.3 is 9.80 Å². The highest BCUT2D eigenvalue weighted by molar-refractivity contribution is 9.11. The number of hydrogen-bond acceptors (Lipinski definition) is 5. The Kier molecular flexibility index (Phi) is 13.2. The lowest BCUT2D eigenvalue weighted by Crippen LogP contribution is -2.31. The van der Waals surface area contributed by atoms with Crippen LogP contribution >= 0.6 is 38.6 Å². The first kappa shape index (κ1) is 33.1. The highest BCUT2D eigenvalue weighted by Crippen LogP contribution is 2.36. The number of thiophene rings is 2. The highest BCUT2D eigenvalue weighted by atomic mass is 79.9. The minimum Gasteiger partial charge on any atom is -0.339 e. The molecular formula is C36H39BrFN3O2S2. The second-order valence-electron chi connectivity index (χ2n) is 10.9. The number of benzene rings is 2. The number of carbonyl (C=O) groups is 2. The van der Waals surface area contributed by atoms with Crippen molar-refractivity contribution in [2.75, 3.05) is 33.3 Å². The van der Waals surface area contributed by atoms with Crippen LogP contribution in [0.1, 0.15) is 78.3 Å². The van der Waals surface area contributed by atoms with Crippen LogP contribution in [0.2, 0.25) is 0 Å². The molecule has 2 saturated heterocycles. The first-order valence-electron chi connectivity index (χ1n) is 16.0. The van der Waals surface area contributed by atoms with Crippen LogP contribution in [-0.2, 0) is 0 Å². The van der Waals surface area contributed by atoms with Gasteiger partial charge in [-0.05, 0) is 64.9 Å². The third-order valence-corrected chi connectivity index (χ3v) is 10.9. The van der Waals surface area contributed by atoms with E-state index in [0.29, 0.717) is 10.4 Å². The molecule has 2 amide bonds. The van der Waals surface area contributed by atoms with Gasteiger partial charge in [-0.25, -0.2) is 0 Å². The molecule has 4 heterocycles. The van der Waals surface area contributed by atoms with Crippen LogP contribution in [0.15, 0.2) is 76.6 Å². The molecule has 0 bridgehead atoms. The molecule has 0 spiro atoms. The van der Waals surface area contributed by atoms with E-state index in [2.05, 4.69) is 34.1 Å². The number of amides is 2. The molecule has 5 nitrogen and oxygen atoms in total. The van der Waals surface area contributed by atoms with Crippen molar-refractivity contribution in [3.8, 4) is 27.0 Å². The lowest BCUT2D eigenvalue weighted by atomic mass is 10.1. The predicted molar refractivity (Wildman–Crippen MR) is 188 cm³/mol. The Balaban J connectivity index is 0.000000193.